The molecule has 1 heterocycles. The number of fused-ring (bicyclic) bond motifs is 3. The summed E-state index contributed by atoms with van der Waals surface area (Å²) in [5, 5.41) is 2.58. The quantitative estimate of drug-likeness (QED) is 0.485. The van der Waals surface area contributed by atoms with Crippen molar-refractivity contribution in [3.05, 3.63) is 48.5 Å². The van der Waals surface area contributed by atoms with Gasteiger partial charge in [-0.15, -0.1) is 0 Å². The summed E-state index contributed by atoms with van der Waals surface area (Å²) in [5.41, 5.74) is 2.43. The maximum atomic E-state index is 3.62. The van der Waals surface area contributed by atoms with E-state index in [0.29, 0.717) is 0 Å². The van der Waals surface area contributed by atoms with Gasteiger partial charge in [0.25, 0.3) is 0 Å². The van der Waals surface area contributed by atoms with Crippen LogP contribution in [0.25, 0.3) is 21.8 Å². The Bertz CT molecular complexity index is 557. The zero-order valence-corrected chi connectivity index (χ0v) is 8.57. The van der Waals surface area contributed by atoms with Crippen LogP contribution in [0, 0.1) is 0 Å². The molecule has 1 nitrogen and oxygen atoms in total. The van der Waals surface area contributed by atoms with Crippen LogP contribution in [0.2, 0.25) is 0 Å². The zero-order chi connectivity index (χ0) is 9.54. The minimum atomic E-state index is 1.21. The first-order valence-corrected chi connectivity index (χ1v) is 5.02. The van der Waals surface area contributed by atoms with E-state index in [0.717, 1.165) is 0 Å². The minimum absolute atomic E-state index is 1.21. The number of hydrogen-bond donors (Lipinski definition) is 0. The number of benzene rings is 2. The highest BCUT2D eigenvalue weighted by atomic mass is 28.2. The lowest BCUT2D eigenvalue weighted by molar-refractivity contribution is 1.39. The molecule has 0 aliphatic heterocycles. The van der Waals surface area contributed by atoms with Gasteiger partial charge in [-0.25, -0.2) is 0 Å². The number of para-hydroxylation sites is 2. The Hall–Kier alpha value is -1.54. The van der Waals surface area contributed by atoms with E-state index in [4.69, 9.17) is 0 Å². The zero-order valence-electron chi connectivity index (χ0n) is 7.57. The van der Waals surface area contributed by atoms with E-state index in [1.165, 1.54) is 21.8 Å². The minimum Gasteiger partial charge on any atom is -0.370 e. The SMILES string of the molecule is [Si]n1c2ccccc2c2ccccc21. The smallest absolute Gasteiger partial charge is 0.196 e. The van der Waals surface area contributed by atoms with Gasteiger partial charge >= 0.3 is 0 Å². The van der Waals surface area contributed by atoms with Gasteiger partial charge in [0.05, 0.1) is 0 Å². The highest BCUT2D eigenvalue weighted by Gasteiger charge is 2.04. The van der Waals surface area contributed by atoms with Crippen LogP contribution in [0.15, 0.2) is 48.5 Å². The molecule has 3 aromatic rings. The molecular formula is C12H8NSi. The van der Waals surface area contributed by atoms with Crippen molar-refractivity contribution in [3.63, 3.8) is 0 Å². The van der Waals surface area contributed by atoms with Crippen LogP contribution in [0.5, 0.6) is 0 Å². The first-order valence-electron chi connectivity index (χ1n) is 4.58. The Kier molecular flexibility index (Phi) is 1.52. The van der Waals surface area contributed by atoms with E-state index in [1.54, 1.807) is 0 Å². The first kappa shape index (κ1) is 7.82. The third-order valence-corrected chi connectivity index (χ3v) is 3.06. The third kappa shape index (κ3) is 0.888. The highest BCUT2D eigenvalue weighted by Crippen LogP contribution is 2.26. The van der Waals surface area contributed by atoms with Gasteiger partial charge in [-0.3, -0.25) is 0 Å². The van der Waals surface area contributed by atoms with E-state index in [2.05, 4.69) is 58.9 Å². The molecule has 0 atom stereocenters. The summed E-state index contributed by atoms with van der Waals surface area (Å²) in [4.78, 5) is 0. The van der Waals surface area contributed by atoms with Crippen LogP contribution in [-0.2, 0) is 0 Å². The fourth-order valence-electron chi connectivity index (χ4n) is 1.92. The Morgan fingerprint density at radius 3 is 1.64 bits per heavy atom. The molecular weight excluding hydrogens is 186 g/mol. The second-order valence-corrected chi connectivity index (χ2v) is 3.82. The standard InChI is InChI=1S/C12H8NSi/c14-13-11-7-3-1-5-9(11)10-6-2-4-8-12(10)13/h1-8H. The van der Waals surface area contributed by atoms with E-state index in [-0.39, 0.29) is 0 Å². The average Bonchev–Trinajstić information content (AvgIpc) is 2.55. The molecule has 0 aliphatic rings. The summed E-state index contributed by atoms with van der Waals surface area (Å²) in [6, 6.07) is 16.8. The fourth-order valence-corrected chi connectivity index (χ4v) is 2.31. The van der Waals surface area contributed by atoms with Crippen LogP contribution in [0.4, 0.5) is 0 Å². The van der Waals surface area contributed by atoms with Crippen molar-refractivity contribution in [1.29, 1.82) is 0 Å². The molecule has 65 valence electrons. The molecule has 0 bridgehead atoms. The summed E-state index contributed by atoms with van der Waals surface area (Å²) in [6.45, 7) is 0. The van der Waals surface area contributed by atoms with Gasteiger partial charge < -0.3 is 4.23 Å². The Labute approximate surface area is 85.5 Å². The number of rotatable bonds is 0. The first-order chi connectivity index (χ1) is 6.88. The molecule has 1 aromatic heterocycles. The Morgan fingerprint density at radius 2 is 1.14 bits per heavy atom. The predicted octanol–water partition coefficient (Wildman–Crippen LogP) is 2.73. The lowest BCUT2D eigenvalue weighted by Gasteiger charge is -1.95. The summed E-state index contributed by atoms with van der Waals surface area (Å²) in [7, 11) is 3.62. The van der Waals surface area contributed by atoms with Crippen molar-refractivity contribution in [3.8, 4) is 0 Å². The van der Waals surface area contributed by atoms with Crippen molar-refractivity contribution < 1.29 is 0 Å². The Balaban J connectivity index is 2.69. The van der Waals surface area contributed by atoms with Crippen molar-refractivity contribution >= 4 is 32.2 Å². The molecule has 0 saturated carbocycles. The number of nitrogens with zero attached hydrogens (tertiary/aromatic N) is 1. The van der Waals surface area contributed by atoms with E-state index in [9.17, 15) is 0 Å². The van der Waals surface area contributed by atoms with Crippen molar-refractivity contribution in [2.75, 3.05) is 0 Å². The van der Waals surface area contributed by atoms with E-state index in [1.807, 2.05) is 4.23 Å². The molecule has 0 fully saturated rings. The molecule has 0 aliphatic carbocycles. The normalized spacial score (nSPS) is 11.2. The average molecular weight is 194 g/mol. The van der Waals surface area contributed by atoms with Gasteiger partial charge in [0.15, 0.2) is 10.4 Å². The van der Waals surface area contributed by atoms with Crippen LogP contribution < -0.4 is 0 Å². The molecule has 3 radical (unpaired) electrons. The molecule has 14 heavy (non-hydrogen) atoms. The summed E-state index contributed by atoms with van der Waals surface area (Å²) >= 11 is 0. The molecule has 0 saturated heterocycles. The molecule has 2 aromatic carbocycles. The summed E-state index contributed by atoms with van der Waals surface area (Å²) in [5.74, 6) is 0. The second-order valence-electron chi connectivity index (χ2n) is 3.37. The highest BCUT2D eigenvalue weighted by molar-refractivity contribution is 6.21. The number of aromatic nitrogens is 1. The lowest BCUT2D eigenvalue weighted by atomic mass is 10.2. The van der Waals surface area contributed by atoms with E-state index < -0.39 is 0 Å². The summed E-state index contributed by atoms with van der Waals surface area (Å²) in [6.07, 6.45) is 0. The van der Waals surface area contributed by atoms with Gasteiger partial charge in [0.2, 0.25) is 0 Å². The molecule has 2 heteroatoms. The third-order valence-electron chi connectivity index (χ3n) is 2.58. The Morgan fingerprint density at radius 1 is 0.714 bits per heavy atom. The van der Waals surface area contributed by atoms with Gasteiger partial charge in [0.1, 0.15) is 0 Å². The van der Waals surface area contributed by atoms with Crippen molar-refractivity contribution in [2.24, 2.45) is 0 Å². The molecule has 0 amide bonds. The van der Waals surface area contributed by atoms with Crippen LogP contribution >= 0.6 is 0 Å². The van der Waals surface area contributed by atoms with Gasteiger partial charge in [0, 0.05) is 21.8 Å². The predicted molar refractivity (Wildman–Crippen MR) is 60.6 cm³/mol. The fraction of sp³-hybridized carbons (Fsp3) is 0. The van der Waals surface area contributed by atoms with Crippen LogP contribution in [-0.4, -0.2) is 14.6 Å². The number of hydrogen-bond acceptors (Lipinski definition) is 0. The molecule has 0 unspecified atom stereocenters. The van der Waals surface area contributed by atoms with E-state index >= 15 is 0 Å². The second kappa shape index (κ2) is 2.72. The largest absolute Gasteiger partial charge is 0.370 e. The van der Waals surface area contributed by atoms with Gasteiger partial charge in [-0.1, -0.05) is 36.4 Å². The van der Waals surface area contributed by atoms with Crippen LogP contribution in [0.1, 0.15) is 0 Å². The maximum absolute atomic E-state index is 3.62. The van der Waals surface area contributed by atoms with Crippen LogP contribution in [0.3, 0.4) is 0 Å². The van der Waals surface area contributed by atoms with Gasteiger partial charge in [-0.2, -0.15) is 0 Å². The topological polar surface area (TPSA) is 4.93 Å². The monoisotopic (exact) mass is 194 g/mol. The lowest BCUT2D eigenvalue weighted by Crippen LogP contribution is -1.88. The molecule has 3 rings (SSSR count). The molecule has 0 N–H and O–H groups in total. The van der Waals surface area contributed by atoms with Gasteiger partial charge in [-0.05, 0) is 12.1 Å². The van der Waals surface area contributed by atoms with Crippen molar-refractivity contribution in [1.82, 2.24) is 4.23 Å². The summed E-state index contributed by atoms with van der Waals surface area (Å²) < 4.78 is 2.05. The molecule has 0 spiro atoms. The van der Waals surface area contributed by atoms with Crippen molar-refractivity contribution in [2.45, 2.75) is 0 Å². The maximum Gasteiger partial charge on any atom is 0.196 e.